The number of hydrogen-bond acceptors (Lipinski definition) is 4. The summed E-state index contributed by atoms with van der Waals surface area (Å²) in [7, 11) is 1.50. The molecule has 0 aliphatic rings. The SMILES string of the molecule is CCOC(=O)c1c(O)cc(OC)cc1CBr. The third kappa shape index (κ3) is 2.66. The molecular weight excluding hydrogens is 276 g/mol. The first-order chi connectivity index (χ1) is 7.63. The Hall–Kier alpha value is -1.23. The average molecular weight is 289 g/mol. The maximum atomic E-state index is 11.6. The summed E-state index contributed by atoms with van der Waals surface area (Å²) in [4.78, 5) is 11.6. The lowest BCUT2D eigenvalue weighted by molar-refractivity contribution is 0.0522. The Morgan fingerprint density at radius 3 is 2.69 bits per heavy atom. The smallest absolute Gasteiger partial charge is 0.342 e. The third-order valence-electron chi connectivity index (χ3n) is 2.03. The van der Waals surface area contributed by atoms with Crippen molar-refractivity contribution in [3.8, 4) is 11.5 Å². The molecule has 1 aromatic rings. The minimum atomic E-state index is -0.530. The summed E-state index contributed by atoms with van der Waals surface area (Å²) in [5.74, 6) is -0.163. The van der Waals surface area contributed by atoms with Crippen LogP contribution in [0.1, 0.15) is 22.8 Å². The normalized spacial score (nSPS) is 9.94. The summed E-state index contributed by atoms with van der Waals surface area (Å²) in [5, 5.41) is 10.2. The van der Waals surface area contributed by atoms with Crippen LogP contribution in [0, 0.1) is 0 Å². The van der Waals surface area contributed by atoms with E-state index in [1.54, 1.807) is 13.0 Å². The lowest BCUT2D eigenvalue weighted by Crippen LogP contribution is -2.08. The molecule has 0 saturated heterocycles. The number of ether oxygens (including phenoxy) is 2. The summed E-state index contributed by atoms with van der Waals surface area (Å²) >= 11 is 3.25. The maximum Gasteiger partial charge on any atom is 0.342 e. The molecule has 4 nitrogen and oxygen atoms in total. The van der Waals surface area contributed by atoms with Crippen molar-refractivity contribution in [2.24, 2.45) is 0 Å². The number of phenols is 1. The van der Waals surface area contributed by atoms with Gasteiger partial charge in [0.05, 0.1) is 13.7 Å². The Labute approximate surface area is 102 Å². The number of methoxy groups -OCH3 is 1. The van der Waals surface area contributed by atoms with Gasteiger partial charge < -0.3 is 14.6 Å². The third-order valence-corrected chi connectivity index (χ3v) is 2.64. The number of carbonyl (C=O) groups excluding carboxylic acids is 1. The van der Waals surface area contributed by atoms with Crippen LogP contribution in [0.25, 0.3) is 0 Å². The van der Waals surface area contributed by atoms with Crippen LogP contribution in [0.4, 0.5) is 0 Å². The molecule has 0 radical (unpaired) electrons. The topological polar surface area (TPSA) is 55.8 Å². The maximum absolute atomic E-state index is 11.6. The van der Waals surface area contributed by atoms with Gasteiger partial charge in [-0.25, -0.2) is 4.79 Å². The molecule has 0 bridgehead atoms. The summed E-state index contributed by atoms with van der Waals surface area (Å²) in [6.07, 6.45) is 0. The molecule has 16 heavy (non-hydrogen) atoms. The van der Waals surface area contributed by atoms with E-state index in [9.17, 15) is 9.90 Å². The zero-order chi connectivity index (χ0) is 12.1. The quantitative estimate of drug-likeness (QED) is 0.683. The fourth-order valence-electron chi connectivity index (χ4n) is 1.32. The van der Waals surface area contributed by atoms with Gasteiger partial charge in [-0.05, 0) is 18.6 Å². The van der Waals surface area contributed by atoms with Gasteiger partial charge in [-0.1, -0.05) is 15.9 Å². The summed E-state index contributed by atoms with van der Waals surface area (Å²) in [6, 6.07) is 3.07. The second-order valence-corrected chi connectivity index (χ2v) is 3.60. The van der Waals surface area contributed by atoms with Crippen molar-refractivity contribution in [3.05, 3.63) is 23.3 Å². The minimum absolute atomic E-state index is 0.132. The largest absolute Gasteiger partial charge is 0.507 e. The highest BCUT2D eigenvalue weighted by Gasteiger charge is 2.18. The molecule has 0 amide bonds. The van der Waals surface area contributed by atoms with Crippen molar-refractivity contribution in [1.29, 1.82) is 0 Å². The molecule has 1 rings (SSSR count). The summed E-state index contributed by atoms with van der Waals surface area (Å²) in [5.41, 5.74) is 0.815. The van der Waals surface area contributed by atoms with Crippen LogP contribution in [0.2, 0.25) is 0 Å². The predicted octanol–water partition coefficient (Wildman–Crippen LogP) is 2.47. The number of halogens is 1. The van der Waals surface area contributed by atoms with E-state index in [0.717, 1.165) is 0 Å². The molecule has 0 heterocycles. The van der Waals surface area contributed by atoms with E-state index in [0.29, 0.717) is 16.6 Å². The fourth-order valence-corrected chi connectivity index (χ4v) is 1.76. The number of carbonyl (C=O) groups is 1. The summed E-state index contributed by atoms with van der Waals surface area (Å²) < 4.78 is 9.86. The Kier molecular flexibility index (Phi) is 4.61. The first kappa shape index (κ1) is 12.8. The first-order valence-corrected chi connectivity index (χ1v) is 5.89. The summed E-state index contributed by atoms with van der Waals surface area (Å²) in [6.45, 7) is 1.98. The first-order valence-electron chi connectivity index (χ1n) is 4.77. The second kappa shape index (κ2) is 5.75. The van der Waals surface area contributed by atoms with Crippen LogP contribution in [0.5, 0.6) is 11.5 Å². The molecule has 5 heteroatoms. The molecule has 0 fully saturated rings. The van der Waals surface area contributed by atoms with Crippen LogP contribution in [-0.2, 0) is 10.1 Å². The van der Waals surface area contributed by atoms with Crippen molar-refractivity contribution in [2.75, 3.05) is 13.7 Å². The van der Waals surface area contributed by atoms with Gasteiger partial charge >= 0.3 is 5.97 Å². The lowest BCUT2D eigenvalue weighted by Gasteiger charge is -2.10. The molecule has 0 atom stereocenters. The Balaban J connectivity index is 3.21. The van der Waals surface area contributed by atoms with Gasteiger partial charge in [-0.15, -0.1) is 0 Å². The fraction of sp³-hybridized carbons (Fsp3) is 0.364. The average Bonchev–Trinajstić information content (AvgIpc) is 2.27. The monoisotopic (exact) mass is 288 g/mol. The van der Waals surface area contributed by atoms with Gasteiger partial charge in [0.25, 0.3) is 0 Å². The number of aromatic hydroxyl groups is 1. The zero-order valence-corrected chi connectivity index (χ0v) is 10.7. The Morgan fingerprint density at radius 1 is 1.50 bits per heavy atom. The molecule has 0 aromatic heterocycles. The van der Waals surface area contributed by atoms with E-state index in [1.807, 2.05) is 0 Å². The number of esters is 1. The van der Waals surface area contributed by atoms with Crippen LogP contribution in [-0.4, -0.2) is 24.8 Å². The van der Waals surface area contributed by atoms with Crippen molar-refractivity contribution >= 4 is 21.9 Å². The van der Waals surface area contributed by atoms with Crippen molar-refractivity contribution in [1.82, 2.24) is 0 Å². The van der Waals surface area contributed by atoms with Gasteiger partial charge in [0, 0.05) is 11.4 Å². The second-order valence-electron chi connectivity index (χ2n) is 3.03. The van der Waals surface area contributed by atoms with Gasteiger partial charge in [-0.2, -0.15) is 0 Å². The predicted molar refractivity (Wildman–Crippen MR) is 63.2 cm³/mol. The van der Waals surface area contributed by atoms with E-state index in [2.05, 4.69) is 15.9 Å². The van der Waals surface area contributed by atoms with E-state index < -0.39 is 5.97 Å². The highest BCUT2D eigenvalue weighted by Crippen LogP contribution is 2.29. The van der Waals surface area contributed by atoms with Crippen molar-refractivity contribution in [3.63, 3.8) is 0 Å². The molecule has 0 aliphatic carbocycles. The minimum Gasteiger partial charge on any atom is -0.507 e. The van der Waals surface area contributed by atoms with Crippen LogP contribution >= 0.6 is 15.9 Å². The van der Waals surface area contributed by atoms with E-state index >= 15 is 0 Å². The number of benzene rings is 1. The molecule has 0 spiro atoms. The molecular formula is C11H13BrO4. The van der Waals surface area contributed by atoms with Crippen molar-refractivity contribution in [2.45, 2.75) is 12.3 Å². The zero-order valence-electron chi connectivity index (χ0n) is 9.12. The number of alkyl halides is 1. The van der Waals surface area contributed by atoms with E-state index in [4.69, 9.17) is 9.47 Å². The molecule has 0 saturated carbocycles. The molecule has 0 unspecified atom stereocenters. The van der Waals surface area contributed by atoms with Gasteiger partial charge in [0.1, 0.15) is 17.1 Å². The van der Waals surface area contributed by atoms with Gasteiger partial charge in [0.2, 0.25) is 0 Å². The highest BCUT2D eigenvalue weighted by atomic mass is 79.9. The van der Waals surface area contributed by atoms with Gasteiger partial charge in [-0.3, -0.25) is 0 Å². The number of rotatable bonds is 4. The van der Waals surface area contributed by atoms with E-state index in [1.165, 1.54) is 13.2 Å². The molecule has 1 N–H and O–H groups in total. The Morgan fingerprint density at radius 2 is 2.19 bits per heavy atom. The van der Waals surface area contributed by atoms with Crippen molar-refractivity contribution < 1.29 is 19.4 Å². The Bertz CT molecular complexity index is 390. The number of phenolic OH excluding ortho intramolecular Hbond substituents is 1. The van der Waals surface area contributed by atoms with Crippen LogP contribution < -0.4 is 4.74 Å². The molecule has 88 valence electrons. The van der Waals surface area contributed by atoms with Crippen LogP contribution in [0.3, 0.4) is 0 Å². The van der Waals surface area contributed by atoms with E-state index in [-0.39, 0.29) is 17.9 Å². The van der Waals surface area contributed by atoms with Gasteiger partial charge in [0.15, 0.2) is 0 Å². The molecule has 0 aliphatic heterocycles. The highest BCUT2D eigenvalue weighted by molar-refractivity contribution is 9.08. The van der Waals surface area contributed by atoms with Crippen LogP contribution in [0.15, 0.2) is 12.1 Å². The number of hydrogen-bond donors (Lipinski definition) is 1. The standard InChI is InChI=1S/C11H13BrO4/c1-3-16-11(14)10-7(6-12)4-8(15-2)5-9(10)13/h4-5,13H,3,6H2,1-2H3. The lowest BCUT2D eigenvalue weighted by atomic mass is 10.1. The molecule has 1 aromatic carbocycles.